The minimum atomic E-state index is -0.877. The number of methoxy groups -OCH3 is 1. The number of rotatable bonds is 3. The van der Waals surface area contributed by atoms with Crippen molar-refractivity contribution in [3.63, 3.8) is 0 Å². The number of anilines is 1. The van der Waals surface area contributed by atoms with E-state index in [1.807, 2.05) is 91.9 Å². The number of ether oxygens (including phenoxy) is 2. The molecular weight excluding hydrogens is 490 g/mol. The third-order valence-corrected chi connectivity index (χ3v) is 8.24. The van der Waals surface area contributed by atoms with Crippen LogP contribution in [-0.4, -0.2) is 24.9 Å². The maximum absolute atomic E-state index is 14.2. The molecule has 1 saturated heterocycles. The number of fused-ring (bicyclic) bond motifs is 6. The van der Waals surface area contributed by atoms with Gasteiger partial charge in [-0.25, -0.2) is 4.90 Å². The van der Waals surface area contributed by atoms with Gasteiger partial charge in [-0.3, -0.25) is 14.4 Å². The van der Waals surface area contributed by atoms with Crippen LogP contribution >= 0.6 is 0 Å². The summed E-state index contributed by atoms with van der Waals surface area (Å²) in [6, 6.07) is 26.7. The number of amides is 2. The van der Waals surface area contributed by atoms with Gasteiger partial charge in [-0.15, -0.1) is 0 Å². The first-order chi connectivity index (χ1) is 18.9. The molecule has 6 heteroatoms. The molecule has 4 aromatic rings. The van der Waals surface area contributed by atoms with Gasteiger partial charge in [0.15, 0.2) is 0 Å². The van der Waals surface area contributed by atoms with Crippen LogP contribution in [0.2, 0.25) is 0 Å². The van der Waals surface area contributed by atoms with Crippen molar-refractivity contribution in [2.45, 2.75) is 12.8 Å². The van der Waals surface area contributed by atoms with Crippen molar-refractivity contribution in [3.8, 4) is 11.5 Å². The number of nitrogens with zero attached hydrogens (tertiary/aromatic N) is 1. The Bertz CT molecular complexity index is 1720. The van der Waals surface area contributed by atoms with Crippen molar-refractivity contribution in [1.29, 1.82) is 0 Å². The minimum Gasteiger partial charge on any atom is -0.497 e. The van der Waals surface area contributed by atoms with Gasteiger partial charge >= 0.3 is 5.97 Å². The Morgan fingerprint density at radius 1 is 0.795 bits per heavy atom. The molecule has 2 aliphatic heterocycles. The SMILES string of the molecule is COc1ccc([C@@H]2C=C3c4ccc(C)cc4OC(=O)[C@@H]3[C@H]3C(=O)N(c4ccc5ccccc5c4)C(=O)[C@@H]32)cc1. The normalized spacial score (nSPS) is 23.6. The Morgan fingerprint density at radius 2 is 1.54 bits per heavy atom. The van der Waals surface area contributed by atoms with E-state index in [-0.39, 0.29) is 11.8 Å². The topological polar surface area (TPSA) is 72.9 Å². The van der Waals surface area contributed by atoms with E-state index < -0.39 is 29.6 Å². The molecule has 1 aliphatic carbocycles. The third-order valence-electron chi connectivity index (χ3n) is 8.24. The fourth-order valence-electron chi connectivity index (χ4n) is 6.39. The summed E-state index contributed by atoms with van der Waals surface area (Å²) >= 11 is 0. The van der Waals surface area contributed by atoms with E-state index in [2.05, 4.69) is 0 Å². The molecule has 4 aromatic carbocycles. The Hall–Kier alpha value is -4.71. The first-order valence-electron chi connectivity index (χ1n) is 13.0. The van der Waals surface area contributed by atoms with Crippen LogP contribution in [0.3, 0.4) is 0 Å². The zero-order valence-electron chi connectivity index (χ0n) is 21.5. The fraction of sp³-hybridized carbons (Fsp3) is 0.182. The highest BCUT2D eigenvalue weighted by Crippen LogP contribution is 2.54. The lowest BCUT2D eigenvalue weighted by atomic mass is 9.64. The molecule has 1 fully saturated rings. The van der Waals surface area contributed by atoms with Crippen molar-refractivity contribution >= 4 is 39.8 Å². The number of benzene rings is 4. The summed E-state index contributed by atoms with van der Waals surface area (Å²) in [7, 11) is 1.60. The van der Waals surface area contributed by atoms with Crippen molar-refractivity contribution in [2.75, 3.05) is 12.0 Å². The van der Waals surface area contributed by atoms with Crippen LogP contribution in [0.25, 0.3) is 16.3 Å². The van der Waals surface area contributed by atoms with Crippen molar-refractivity contribution in [1.82, 2.24) is 0 Å². The average Bonchev–Trinajstić information content (AvgIpc) is 3.22. The summed E-state index contributed by atoms with van der Waals surface area (Å²) in [5.41, 5.74) is 3.88. The molecule has 192 valence electrons. The highest BCUT2D eigenvalue weighted by Gasteiger charge is 2.60. The van der Waals surface area contributed by atoms with Gasteiger partial charge in [-0.05, 0) is 64.7 Å². The first kappa shape index (κ1) is 23.4. The van der Waals surface area contributed by atoms with Crippen LogP contribution in [0, 0.1) is 24.7 Å². The van der Waals surface area contributed by atoms with Gasteiger partial charge in [-0.2, -0.15) is 0 Å². The van der Waals surface area contributed by atoms with Gasteiger partial charge in [0.2, 0.25) is 11.8 Å². The maximum atomic E-state index is 14.2. The number of carbonyl (C=O) groups excluding carboxylic acids is 3. The Kier molecular flexibility index (Phi) is 5.20. The standard InChI is InChI=1S/C33H25NO5/c1-18-7-14-24-26-17-25(20-9-12-23(38-2)13-10-20)28-30(29(26)33(37)39-27(24)15-18)32(36)34(31(28)35)22-11-8-19-5-3-4-6-21(19)16-22/h3-17,25,28-30H,1-2H3/t25-,28+,29-,30-/m0/s1. The van der Waals surface area contributed by atoms with Gasteiger partial charge < -0.3 is 9.47 Å². The highest BCUT2D eigenvalue weighted by molar-refractivity contribution is 6.25. The number of hydrogen-bond acceptors (Lipinski definition) is 5. The van der Waals surface area contributed by atoms with E-state index in [1.54, 1.807) is 13.2 Å². The van der Waals surface area contributed by atoms with Crippen LogP contribution in [0.15, 0.2) is 91.0 Å². The van der Waals surface area contributed by atoms with Crippen LogP contribution < -0.4 is 14.4 Å². The molecule has 3 aliphatic rings. The summed E-state index contributed by atoms with van der Waals surface area (Å²) in [6.45, 7) is 1.94. The summed E-state index contributed by atoms with van der Waals surface area (Å²) in [6.07, 6.45) is 2.00. The Balaban J connectivity index is 1.40. The lowest BCUT2D eigenvalue weighted by Gasteiger charge is -2.38. The molecular formula is C33H25NO5. The molecule has 39 heavy (non-hydrogen) atoms. The quantitative estimate of drug-likeness (QED) is 0.199. The van der Waals surface area contributed by atoms with Crippen LogP contribution in [0.4, 0.5) is 5.69 Å². The van der Waals surface area contributed by atoms with Crippen molar-refractivity contribution in [2.24, 2.45) is 17.8 Å². The second-order valence-corrected chi connectivity index (χ2v) is 10.4. The molecule has 0 aromatic heterocycles. The van der Waals surface area contributed by atoms with Gasteiger partial charge in [0.1, 0.15) is 11.5 Å². The number of aryl methyl sites for hydroxylation is 1. The van der Waals surface area contributed by atoms with Gasteiger partial charge in [-0.1, -0.05) is 60.7 Å². The first-order valence-corrected chi connectivity index (χ1v) is 13.0. The Labute approximate surface area is 225 Å². The van der Waals surface area contributed by atoms with Crippen molar-refractivity contribution < 1.29 is 23.9 Å². The Morgan fingerprint density at radius 3 is 2.31 bits per heavy atom. The highest BCUT2D eigenvalue weighted by atomic mass is 16.5. The molecule has 0 spiro atoms. The molecule has 6 nitrogen and oxygen atoms in total. The lowest BCUT2D eigenvalue weighted by Crippen LogP contribution is -2.42. The molecule has 0 bridgehead atoms. The van der Waals surface area contributed by atoms with Gasteiger partial charge in [0, 0.05) is 11.5 Å². The summed E-state index contributed by atoms with van der Waals surface area (Å²) < 4.78 is 11.1. The van der Waals surface area contributed by atoms with Crippen molar-refractivity contribution in [3.05, 3.63) is 108 Å². The molecule has 0 radical (unpaired) electrons. The zero-order chi connectivity index (χ0) is 26.8. The second kappa shape index (κ2) is 8.67. The zero-order valence-corrected chi connectivity index (χ0v) is 21.5. The van der Waals surface area contributed by atoms with E-state index in [1.165, 1.54) is 4.90 Å². The van der Waals surface area contributed by atoms with Crippen LogP contribution in [-0.2, 0) is 14.4 Å². The van der Waals surface area contributed by atoms with Gasteiger partial charge in [0.25, 0.3) is 0 Å². The van der Waals surface area contributed by atoms with E-state index in [4.69, 9.17) is 9.47 Å². The van der Waals surface area contributed by atoms with E-state index >= 15 is 0 Å². The molecule has 0 unspecified atom stereocenters. The number of allylic oxidation sites excluding steroid dienone is 1. The average molecular weight is 516 g/mol. The summed E-state index contributed by atoms with van der Waals surface area (Å²) in [4.78, 5) is 43.1. The monoisotopic (exact) mass is 515 g/mol. The van der Waals surface area contributed by atoms with Crippen LogP contribution in [0.5, 0.6) is 11.5 Å². The third kappa shape index (κ3) is 3.52. The molecule has 0 saturated carbocycles. The predicted octanol–water partition coefficient (Wildman–Crippen LogP) is 5.68. The largest absolute Gasteiger partial charge is 0.497 e. The second-order valence-electron chi connectivity index (χ2n) is 10.4. The number of hydrogen-bond donors (Lipinski definition) is 0. The molecule has 4 atom stereocenters. The maximum Gasteiger partial charge on any atom is 0.319 e. The summed E-state index contributed by atoms with van der Waals surface area (Å²) in [5, 5.41) is 1.94. The smallest absolute Gasteiger partial charge is 0.319 e. The predicted molar refractivity (Wildman–Crippen MR) is 147 cm³/mol. The lowest BCUT2D eigenvalue weighted by molar-refractivity contribution is -0.142. The fourth-order valence-corrected chi connectivity index (χ4v) is 6.39. The minimum absolute atomic E-state index is 0.307. The molecule has 2 amide bonds. The van der Waals surface area contributed by atoms with Gasteiger partial charge in [0.05, 0.1) is 30.6 Å². The van der Waals surface area contributed by atoms with E-state index in [9.17, 15) is 14.4 Å². The van der Waals surface area contributed by atoms with E-state index in [0.717, 1.165) is 33.0 Å². The number of imide groups is 1. The molecule has 2 heterocycles. The number of esters is 1. The van der Waals surface area contributed by atoms with E-state index in [0.29, 0.717) is 17.2 Å². The summed E-state index contributed by atoms with van der Waals surface area (Å²) in [5.74, 6) is -2.88. The molecule has 0 N–H and O–H groups in total. The molecule has 7 rings (SSSR count). The number of carbonyl (C=O) groups is 3. The van der Waals surface area contributed by atoms with Crippen LogP contribution in [0.1, 0.15) is 22.6 Å².